The zero-order valence-corrected chi connectivity index (χ0v) is 20.3. The van der Waals surface area contributed by atoms with Crippen LogP contribution in [-0.2, 0) is 24.1 Å². The van der Waals surface area contributed by atoms with Crippen LogP contribution in [0.15, 0.2) is 29.2 Å². The number of ether oxygens (including phenoxy) is 1. The van der Waals surface area contributed by atoms with Gasteiger partial charge in [0, 0.05) is 26.2 Å². The van der Waals surface area contributed by atoms with Crippen molar-refractivity contribution in [3.63, 3.8) is 0 Å². The van der Waals surface area contributed by atoms with Crippen molar-refractivity contribution in [3.8, 4) is 0 Å². The van der Waals surface area contributed by atoms with Gasteiger partial charge < -0.3 is 18.9 Å². The molecule has 0 bridgehead atoms. The molecule has 1 aromatic carbocycles. The van der Waals surface area contributed by atoms with Crippen LogP contribution in [0.25, 0.3) is 0 Å². The highest BCUT2D eigenvalue weighted by Crippen LogP contribution is 2.36. The average Bonchev–Trinajstić information content (AvgIpc) is 2.88. The standard InChI is InChI=1S/C21H33BN2O6S/c1-19(2,3)28-18(25)23-11-13-24(14-12-23)31(26,27)17-10-8-9-16(15-17)22-29-20(4,5)21(6,7)30-22/h8-10,15H,11-14H2,1-7H3. The molecule has 0 radical (unpaired) electrons. The molecule has 2 aliphatic rings. The highest BCUT2D eigenvalue weighted by Gasteiger charge is 2.51. The number of hydrogen-bond acceptors (Lipinski definition) is 6. The summed E-state index contributed by atoms with van der Waals surface area (Å²) in [7, 11) is -4.35. The average molecular weight is 452 g/mol. The van der Waals surface area contributed by atoms with Crippen molar-refractivity contribution < 1.29 is 27.3 Å². The molecule has 0 atom stereocenters. The number of carbonyl (C=O) groups excluding carboxylic acids is 1. The SMILES string of the molecule is CC(C)(C)OC(=O)N1CCN(S(=O)(=O)c2cccc(B3OC(C)(C)C(C)(C)O3)c2)CC1. The van der Waals surface area contributed by atoms with E-state index in [0.29, 0.717) is 5.46 Å². The lowest BCUT2D eigenvalue weighted by Gasteiger charge is -2.35. The van der Waals surface area contributed by atoms with E-state index in [1.165, 1.54) is 9.21 Å². The van der Waals surface area contributed by atoms with Crippen LogP contribution in [0.3, 0.4) is 0 Å². The van der Waals surface area contributed by atoms with Crippen molar-refractivity contribution in [1.29, 1.82) is 0 Å². The highest BCUT2D eigenvalue weighted by atomic mass is 32.2. The Morgan fingerprint density at radius 1 is 1.03 bits per heavy atom. The Balaban J connectivity index is 1.71. The molecule has 1 aromatic rings. The maximum Gasteiger partial charge on any atom is 0.494 e. The van der Waals surface area contributed by atoms with E-state index >= 15 is 0 Å². The molecule has 0 aliphatic carbocycles. The molecule has 2 aliphatic heterocycles. The molecule has 0 unspecified atom stereocenters. The topological polar surface area (TPSA) is 85.4 Å². The van der Waals surface area contributed by atoms with Gasteiger partial charge in [-0.05, 0) is 66.1 Å². The molecular weight excluding hydrogens is 419 g/mol. The van der Waals surface area contributed by atoms with Gasteiger partial charge in [-0.15, -0.1) is 0 Å². The third kappa shape index (κ3) is 5.08. The van der Waals surface area contributed by atoms with E-state index in [1.807, 2.05) is 33.8 Å². The first-order valence-corrected chi connectivity index (χ1v) is 12.0. The zero-order valence-electron chi connectivity index (χ0n) is 19.5. The summed E-state index contributed by atoms with van der Waals surface area (Å²) in [6.07, 6.45) is -0.424. The molecule has 31 heavy (non-hydrogen) atoms. The summed E-state index contributed by atoms with van der Waals surface area (Å²) in [5, 5.41) is 0. The Hall–Kier alpha value is -1.62. The lowest BCUT2D eigenvalue weighted by atomic mass is 9.79. The smallest absolute Gasteiger partial charge is 0.444 e. The van der Waals surface area contributed by atoms with Crippen LogP contribution in [0.1, 0.15) is 48.5 Å². The Morgan fingerprint density at radius 2 is 1.58 bits per heavy atom. The van der Waals surface area contributed by atoms with Gasteiger partial charge in [-0.2, -0.15) is 4.31 Å². The molecule has 2 fully saturated rings. The third-order valence-electron chi connectivity index (χ3n) is 5.91. The van der Waals surface area contributed by atoms with Gasteiger partial charge in [0.15, 0.2) is 0 Å². The first-order valence-electron chi connectivity index (χ1n) is 10.6. The van der Waals surface area contributed by atoms with Crippen molar-refractivity contribution in [3.05, 3.63) is 24.3 Å². The Bertz CT molecular complexity index is 917. The minimum atomic E-state index is -3.71. The Labute approximate surface area is 186 Å². The fourth-order valence-electron chi connectivity index (χ4n) is 3.39. The second kappa shape index (κ2) is 8.06. The van der Waals surface area contributed by atoms with Gasteiger partial charge in [-0.3, -0.25) is 0 Å². The molecule has 2 heterocycles. The maximum atomic E-state index is 13.2. The van der Waals surface area contributed by atoms with E-state index in [0.717, 1.165) is 0 Å². The minimum absolute atomic E-state index is 0.186. The number of benzene rings is 1. The van der Waals surface area contributed by atoms with Gasteiger partial charge in [0.2, 0.25) is 10.0 Å². The Morgan fingerprint density at radius 3 is 2.10 bits per heavy atom. The number of hydrogen-bond donors (Lipinski definition) is 0. The number of sulfonamides is 1. The van der Waals surface area contributed by atoms with Crippen molar-refractivity contribution >= 4 is 28.7 Å². The predicted molar refractivity (Wildman–Crippen MR) is 119 cm³/mol. The number of carbonyl (C=O) groups is 1. The van der Waals surface area contributed by atoms with Crippen LogP contribution in [0.2, 0.25) is 0 Å². The Kier molecular flexibility index (Phi) is 6.25. The van der Waals surface area contributed by atoms with Crippen molar-refractivity contribution in [2.75, 3.05) is 26.2 Å². The van der Waals surface area contributed by atoms with Crippen LogP contribution < -0.4 is 5.46 Å². The minimum Gasteiger partial charge on any atom is -0.444 e. The molecule has 3 rings (SSSR count). The molecule has 0 N–H and O–H groups in total. The van der Waals surface area contributed by atoms with Gasteiger partial charge >= 0.3 is 13.2 Å². The van der Waals surface area contributed by atoms with Crippen LogP contribution >= 0.6 is 0 Å². The molecule has 10 heteroatoms. The molecule has 0 saturated carbocycles. The molecular formula is C21H33BN2O6S. The summed E-state index contributed by atoms with van der Waals surface area (Å²) < 4.78 is 45.3. The van der Waals surface area contributed by atoms with E-state index in [4.69, 9.17) is 14.0 Å². The number of piperazine rings is 1. The van der Waals surface area contributed by atoms with Crippen LogP contribution in [0.5, 0.6) is 0 Å². The summed E-state index contributed by atoms with van der Waals surface area (Å²) in [4.78, 5) is 14.0. The van der Waals surface area contributed by atoms with Gasteiger partial charge in [0.05, 0.1) is 16.1 Å². The van der Waals surface area contributed by atoms with E-state index in [9.17, 15) is 13.2 Å². The van der Waals surface area contributed by atoms with Crippen LogP contribution in [-0.4, -0.2) is 73.8 Å². The quantitative estimate of drug-likeness (QED) is 0.654. The normalized spacial score (nSPS) is 21.9. The van der Waals surface area contributed by atoms with E-state index in [-0.39, 0.29) is 31.1 Å². The monoisotopic (exact) mass is 452 g/mol. The van der Waals surface area contributed by atoms with E-state index in [1.54, 1.807) is 39.0 Å². The second-order valence-electron chi connectivity index (χ2n) is 10.0. The zero-order chi connectivity index (χ0) is 23.2. The summed E-state index contributed by atoms with van der Waals surface area (Å²) >= 11 is 0. The number of rotatable bonds is 3. The van der Waals surface area contributed by atoms with Gasteiger partial charge in [-0.25, -0.2) is 13.2 Å². The van der Waals surface area contributed by atoms with Crippen molar-refractivity contribution in [2.45, 2.75) is 70.2 Å². The number of nitrogens with zero attached hydrogens (tertiary/aromatic N) is 2. The predicted octanol–water partition coefficient (Wildman–Crippen LogP) is 2.23. The molecule has 8 nitrogen and oxygen atoms in total. The van der Waals surface area contributed by atoms with Crippen LogP contribution in [0, 0.1) is 0 Å². The first kappa shape index (κ1) is 24.0. The maximum absolute atomic E-state index is 13.2. The lowest BCUT2D eigenvalue weighted by Crippen LogP contribution is -2.51. The summed E-state index contributed by atoms with van der Waals surface area (Å²) in [6.45, 7) is 14.2. The molecule has 0 spiro atoms. The molecule has 172 valence electrons. The molecule has 0 aromatic heterocycles. The third-order valence-corrected chi connectivity index (χ3v) is 7.81. The number of amides is 1. The van der Waals surface area contributed by atoms with Crippen molar-refractivity contribution in [2.24, 2.45) is 0 Å². The fourth-order valence-corrected chi connectivity index (χ4v) is 4.87. The molecule has 1 amide bonds. The summed E-state index contributed by atoms with van der Waals surface area (Å²) in [6, 6.07) is 6.69. The largest absolute Gasteiger partial charge is 0.494 e. The van der Waals surface area contributed by atoms with Gasteiger partial charge in [-0.1, -0.05) is 12.1 Å². The lowest BCUT2D eigenvalue weighted by molar-refractivity contribution is 0.00578. The fraction of sp³-hybridized carbons (Fsp3) is 0.667. The second-order valence-corrected chi connectivity index (χ2v) is 12.0. The van der Waals surface area contributed by atoms with E-state index < -0.39 is 40.0 Å². The summed E-state index contributed by atoms with van der Waals surface area (Å²) in [5.74, 6) is 0. The first-order chi connectivity index (χ1) is 14.1. The van der Waals surface area contributed by atoms with Gasteiger partial charge in [0.1, 0.15) is 5.60 Å². The van der Waals surface area contributed by atoms with E-state index in [2.05, 4.69) is 0 Å². The summed E-state index contributed by atoms with van der Waals surface area (Å²) in [5.41, 5.74) is -0.948. The van der Waals surface area contributed by atoms with Gasteiger partial charge in [0.25, 0.3) is 0 Å². The molecule has 2 saturated heterocycles. The van der Waals surface area contributed by atoms with Crippen molar-refractivity contribution in [1.82, 2.24) is 9.21 Å². The van der Waals surface area contributed by atoms with Crippen LogP contribution in [0.4, 0.5) is 4.79 Å². The highest BCUT2D eigenvalue weighted by molar-refractivity contribution is 7.89.